The number of esters is 2. The van der Waals surface area contributed by atoms with Crippen molar-refractivity contribution in [1.29, 1.82) is 0 Å². The third-order valence-corrected chi connectivity index (χ3v) is 4.57. The summed E-state index contributed by atoms with van der Waals surface area (Å²) in [4.78, 5) is 36.0. The van der Waals surface area contributed by atoms with Crippen LogP contribution in [-0.2, 0) is 23.9 Å². The summed E-state index contributed by atoms with van der Waals surface area (Å²) < 4.78 is 20.5. The summed E-state index contributed by atoms with van der Waals surface area (Å²) >= 11 is 0. The summed E-state index contributed by atoms with van der Waals surface area (Å²) in [7, 11) is 2.65. The van der Waals surface area contributed by atoms with Crippen LogP contribution in [-0.4, -0.2) is 50.4 Å². The number of methoxy groups -OCH3 is 2. The zero-order chi connectivity index (χ0) is 22.4. The van der Waals surface area contributed by atoms with Crippen LogP contribution in [0.5, 0.6) is 11.5 Å². The summed E-state index contributed by atoms with van der Waals surface area (Å²) in [5.41, 5.74) is 1.61. The number of carbonyl (C=O) groups excluding carboxylic acids is 2. The van der Waals surface area contributed by atoms with Crippen molar-refractivity contribution in [3.05, 3.63) is 46.3 Å². The van der Waals surface area contributed by atoms with E-state index in [1.54, 1.807) is 39.0 Å². The highest BCUT2D eigenvalue weighted by atomic mass is 16.6. The molecule has 1 aliphatic rings. The van der Waals surface area contributed by atoms with E-state index in [1.165, 1.54) is 14.2 Å². The number of benzene rings is 1. The summed E-state index contributed by atoms with van der Waals surface area (Å²) in [5.74, 6) is -2.66. The van der Waals surface area contributed by atoms with Crippen LogP contribution in [0.2, 0.25) is 0 Å². The molecule has 1 aliphatic heterocycles. The summed E-state index contributed by atoms with van der Waals surface area (Å²) in [5, 5.41) is 12.7. The van der Waals surface area contributed by atoms with Gasteiger partial charge in [0.05, 0.1) is 37.9 Å². The lowest BCUT2D eigenvalue weighted by molar-refractivity contribution is -0.145. The molecule has 0 bridgehead atoms. The van der Waals surface area contributed by atoms with Crippen LogP contribution in [0.3, 0.4) is 0 Å². The Bertz CT molecular complexity index is 916. The van der Waals surface area contributed by atoms with E-state index in [4.69, 9.17) is 18.9 Å². The molecule has 1 aromatic carbocycles. The van der Waals surface area contributed by atoms with Crippen LogP contribution in [0.4, 0.5) is 0 Å². The zero-order valence-electron chi connectivity index (χ0n) is 17.5. The Morgan fingerprint density at radius 3 is 2.30 bits per heavy atom. The number of aliphatic carboxylic acids is 1. The smallest absolute Gasteiger partial charge is 0.344 e. The van der Waals surface area contributed by atoms with Gasteiger partial charge in [0.2, 0.25) is 0 Å². The van der Waals surface area contributed by atoms with E-state index >= 15 is 0 Å². The van der Waals surface area contributed by atoms with Gasteiger partial charge in [-0.05, 0) is 38.5 Å². The van der Waals surface area contributed by atoms with Crippen molar-refractivity contribution in [2.24, 2.45) is 0 Å². The standard InChI is InChI=1S/C21H25NO8/c1-6-29-16(23)10-30-14-8-7-13(9-15(14)27-4)19-17(20(24)25)11(2)22-12(3)18(19)21(26)28-5/h7-9,19,22H,6,10H2,1-5H3,(H,24,25). The minimum Gasteiger partial charge on any atom is -0.493 e. The molecule has 1 unspecified atom stereocenters. The molecule has 0 amide bonds. The fourth-order valence-electron chi connectivity index (χ4n) is 3.31. The lowest BCUT2D eigenvalue weighted by Gasteiger charge is -2.29. The molecule has 2 N–H and O–H groups in total. The Hall–Kier alpha value is -3.49. The maximum Gasteiger partial charge on any atom is 0.344 e. The number of nitrogens with one attached hydrogen (secondary N) is 1. The number of allylic oxidation sites excluding steroid dienone is 2. The number of ether oxygens (including phenoxy) is 4. The first-order valence-corrected chi connectivity index (χ1v) is 9.21. The third kappa shape index (κ3) is 4.73. The lowest BCUT2D eigenvalue weighted by atomic mass is 9.80. The average molecular weight is 419 g/mol. The molecule has 0 aliphatic carbocycles. The number of hydrogen-bond donors (Lipinski definition) is 2. The van der Waals surface area contributed by atoms with Gasteiger partial charge in [-0.25, -0.2) is 14.4 Å². The average Bonchev–Trinajstić information content (AvgIpc) is 2.70. The van der Waals surface area contributed by atoms with E-state index in [1.807, 2.05) is 0 Å². The Balaban J connectivity index is 2.51. The molecule has 9 nitrogen and oxygen atoms in total. The van der Waals surface area contributed by atoms with Gasteiger partial charge in [-0.1, -0.05) is 6.07 Å². The van der Waals surface area contributed by atoms with Gasteiger partial charge in [0.1, 0.15) is 0 Å². The normalized spacial score (nSPS) is 16.0. The fraction of sp³-hybridized carbons (Fsp3) is 0.381. The predicted molar refractivity (Wildman–Crippen MR) is 106 cm³/mol. The van der Waals surface area contributed by atoms with Gasteiger partial charge >= 0.3 is 17.9 Å². The second-order valence-electron chi connectivity index (χ2n) is 6.44. The van der Waals surface area contributed by atoms with Crippen LogP contribution in [0.1, 0.15) is 32.3 Å². The first-order valence-electron chi connectivity index (χ1n) is 9.21. The molecular formula is C21H25NO8. The minimum absolute atomic E-state index is 0.0169. The number of hydrogen-bond acceptors (Lipinski definition) is 8. The molecule has 1 heterocycles. The van der Waals surface area contributed by atoms with Crippen LogP contribution in [0.25, 0.3) is 0 Å². The Morgan fingerprint density at radius 2 is 1.73 bits per heavy atom. The predicted octanol–water partition coefficient (Wildman–Crippen LogP) is 2.13. The van der Waals surface area contributed by atoms with Gasteiger partial charge in [0.25, 0.3) is 0 Å². The molecule has 0 saturated carbocycles. The molecule has 30 heavy (non-hydrogen) atoms. The maximum atomic E-state index is 12.5. The number of carboxylic acids is 1. The Kier molecular flexibility index (Phi) is 7.46. The van der Waals surface area contributed by atoms with Crippen LogP contribution in [0.15, 0.2) is 40.7 Å². The highest BCUT2D eigenvalue weighted by Crippen LogP contribution is 2.41. The molecule has 0 radical (unpaired) electrons. The number of rotatable bonds is 8. The molecule has 0 aromatic heterocycles. The van der Waals surface area contributed by atoms with E-state index in [9.17, 15) is 19.5 Å². The quantitative estimate of drug-likeness (QED) is 0.610. The largest absolute Gasteiger partial charge is 0.493 e. The highest BCUT2D eigenvalue weighted by molar-refractivity contribution is 5.99. The van der Waals surface area contributed by atoms with Gasteiger partial charge < -0.3 is 29.4 Å². The van der Waals surface area contributed by atoms with Crippen molar-refractivity contribution in [2.75, 3.05) is 27.4 Å². The molecule has 0 spiro atoms. The van der Waals surface area contributed by atoms with E-state index in [2.05, 4.69) is 5.32 Å². The minimum atomic E-state index is -1.17. The van der Waals surface area contributed by atoms with E-state index in [-0.39, 0.29) is 35.9 Å². The molecule has 9 heteroatoms. The Morgan fingerprint density at radius 1 is 1.07 bits per heavy atom. The molecule has 162 valence electrons. The van der Waals surface area contributed by atoms with Crippen molar-refractivity contribution in [3.63, 3.8) is 0 Å². The topological polar surface area (TPSA) is 120 Å². The SMILES string of the molecule is CCOC(=O)COc1ccc(C2C(C(=O)O)=C(C)NC(C)=C2C(=O)OC)cc1OC. The van der Waals surface area contributed by atoms with Crippen molar-refractivity contribution in [3.8, 4) is 11.5 Å². The first-order chi connectivity index (χ1) is 14.2. The van der Waals surface area contributed by atoms with E-state index in [0.29, 0.717) is 17.0 Å². The number of carboxylic acid groups (broad SMARTS) is 1. The van der Waals surface area contributed by atoms with Gasteiger partial charge in [0, 0.05) is 11.4 Å². The van der Waals surface area contributed by atoms with Crippen LogP contribution >= 0.6 is 0 Å². The van der Waals surface area contributed by atoms with Crippen LogP contribution < -0.4 is 14.8 Å². The molecule has 1 atom stereocenters. The van der Waals surface area contributed by atoms with Gasteiger partial charge in [-0.2, -0.15) is 0 Å². The summed E-state index contributed by atoms with van der Waals surface area (Å²) in [6, 6.07) is 4.74. The summed E-state index contributed by atoms with van der Waals surface area (Å²) in [6.07, 6.45) is 0. The Labute approximate surface area is 174 Å². The van der Waals surface area contributed by atoms with Gasteiger partial charge in [0.15, 0.2) is 18.1 Å². The summed E-state index contributed by atoms with van der Waals surface area (Å²) in [6.45, 7) is 4.93. The zero-order valence-corrected chi connectivity index (χ0v) is 17.5. The van der Waals surface area contributed by atoms with E-state index in [0.717, 1.165) is 0 Å². The van der Waals surface area contributed by atoms with Gasteiger partial charge in [-0.15, -0.1) is 0 Å². The van der Waals surface area contributed by atoms with Crippen molar-refractivity contribution < 1.29 is 38.4 Å². The second kappa shape index (κ2) is 9.82. The monoisotopic (exact) mass is 419 g/mol. The van der Waals surface area contributed by atoms with Crippen molar-refractivity contribution in [2.45, 2.75) is 26.7 Å². The lowest BCUT2D eigenvalue weighted by Crippen LogP contribution is -2.31. The highest BCUT2D eigenvalue weighted by Gasteiger charge is 2.37. The third-order valence-electron chi connectivity index (χ3n) is 4.57. The second-order valence-corrected chi connectivity index (χ2v) is 6.44. The first kappa shape index (κ1) is 22.8. The molecule has 0 fully saturated rings. The number of carbonyl (C=O) groups is 3. The maximum absolute atomic E-state index is 12.5. The number of dihydropyridines is 1. The van der Waals surface area contributed by atoms with E-state index < -0.39 is 23.8 Å². The molecule has 2 rings (SSSR count). The fourth-order valence-corrected chi connectivity index (χ4v) is 3.31. The van der Waals surface area contributed by atoms with Crippen molar-refractivity contribution >= 4 is 17.9 Å². The van der Waals surface area contributed by atoms with Crippen molar-refractivity contribution in [1.82, 2.24) is 5.32 Å². The van der Waals surface area contributed by atoms with Gasteiger partial charge in [-0.3, -0.25) is 0 Å². The van der Waals surface area contributed by atoms with Crippen LogP contribution in [0, 0.1) is 0 Å². The molecule has 0 saturated heterocycles. The molecule has 1 aromatic rings. The molecular weight excluding hydrogens is 394 g/mol.